The number of hydrogen-bond donors (Lipinski definition) is 1. The zero-order chi connectivity index (χ0) is 16.1. The zero-order valence-electron chi connectivity index (χ0n) is 12.0. The smallest absolute Gasteiger partial charge is 0.234 e. The third kappa shape index (κ3) is 4.19. The summed E-state index contributed by atoms with van der Waals surface area (Å²) >= 11 is 1.27. The summed E-state index contributed by atoms with van der Waals surface area (Å²) in [4.78, 5) is 11.9. The number of rotatable bonds is 6. The van der Waals surface area contributed by atoms with Crippen molar-refractivity contribution < 1.29 is 13.6 Å². The van der Waals surface area contributed by atoms with Crippen LogP contribution in [0.25, 0.3) is 0 Å². The van der Waals surface area contributed by atoms with Crippen molar-refractivity contribution >= 4 is 23.4 Å². The molecule has 2 aromatic heterocycles. The maximum absolute atomic E-state index is 12.8. The van der Waals surface area contributed by atoms with E-state index in [9.17, 15) is 9.18 Å². The highest BCUT2D eigenvalue weighted by Crippen LogP contribution is 2.17. The van der Waals surface area contributed by atoms with Gasteiger partial charge in [0.05, 0.1) is 18.6 Å². The molecule has 1 aromatic carbocycles. The van der Waals surface area contributed by atoms with Gasteiger partial charge in [-0.25, -0.2) is 4.39 Å². The molecule has 1 N–H and O–H groups in total. The van der Waals surface area contributed by atoms with Crippen LogP contribution in [0.2, 0.25) is 0 Å². The average molecular weight is 332 g/mol. The number of aromatic nitrogens is 3. The van der Waals surface area contributed by atoms with Crippen LogP contribution in [0.4, 0.5) is 10.1 Å². The van der Waals surface area contributed by atoms with Crippen molar-refractivity contribution in [2.75, 3.05) is 11.1 Å². The van der Waals surface area contributed by atoms with Crippen molar-refractivity contribution in [3.63, 3.8) is 0 Å². The van der Waals surface area contributed by atoms with Crippen LogP contribution in [0.3, 0.4) is 0 Å². The normalized spacial score (nSPS) is 10.7. The van der Waals surface area contributed by atoms with Gasteiger partial charge in [0.15, 0.2) is 5.16 Å². The molecule has 0 aliphatic heterocycles. The lowest BCUT2D eigenvalue weighted by atomic mass is 10.3. The SMILES string of the molecule is O=C(CSc1nncn1Cc1ccco1)Nc1ccc(F)cc1. The fourth-order valence-corrected chi connectivity index (χ4v) is 2.61. The van der Waals surface area contributed by atoms with E-state index in [1.165, 1.54) is 36.0 Å². The number of benzene rings is 1. The molecule has 0 saturated carbocycles. The summed E-state index contributed by atoms with van der Waals surface area (Å²) in [5.41, 5.74) is 0.550. The number of amides is 1. The third-order valence-electron chi connectivity index (χ3n) is 2.95. The van der Waals surface area contributed by atoms with Crippen molar-refractivity contribution in [2.45, 2.75) is 11.7 Å². The topological polar surface area (TPSA) is 73.0 Å². The summed E-state index contributed by atoms with van der Waals surface area (Å²) in [5.74, 6) is 0.411. The van der Waals surface area contributed by atoms with Gasteiger partial charge in [0.1, 0.15) is 17.9 Å². The molecule has 2 heterocycles. The molecule has 0 bridgehead atoms. The van der Waals surface area contributed by atoms with E-state index in [1.54, 1.807) is 17.2 Å². The molecule has 0 aliphatic carbocycles. The maximum Gasteiger partial charge on any atom is 0.234 e. The van der Waals surface area contributed by atoms with Crippen molar-refractivity contribution in [3.05, 3.63) is 60.6 Å². The number of anilines is 1. The van der Waals surface area contributed by atoms with Crippen LogP contribution in [0, 0.1) is 5.82 Å². The van der Waals surface area contributed by atoms with Gasteiger partial charge in [0.25, 0.3) is 0 Å². The molecule has 0 unspecified atom stereocenters. The summed E-state index contributed by atoms with van der Waals surface area (Å²) in [5, 5.41) is 11.2. The Morgan fingerprint density at radius 1 is 1.30 bits per heavy atom. The summed E-state index contributed by atoms with van der Waals surface area (Å²) in [7, 11) is 0. The minimum Gasteiger partial charge on any atom is -0.467 e. The number of thioether (sulfide) groups is 1. The van der Waals surface area contributed by atoms with E-state index in [4.69, 9.17) is 4.42 Å². The van der Waals surface area contributed by atoms with E-state index < -0.39 is 0 Å². The van der Waals surface area contributed by atoms with Crippen molar-refractivity contribution in [1.29, 1.82) is 0 Å². The van der Waals surface area contributed by atoms with Crippen LogP contribution in [0.15, 0.2) is 58.6 Å². The second-order valence-electron chi connectivity index (χ2n) is 4.66. The van der Waals surface area contributed by atoms with E-state index in [2.05, 4.69) is 15.5 Å². The first kappa shape index (κ1) is 15.3. The first-order valence-corrected chi connectivity index (χ1v) is 7.77. The minimum atomic E-state index is -0.344. The molecule has 0 spiro atoms. The van der Waals surface area contributed by atoms with Gasteiger partial charge in [-0.15, -0.1) is 10.2 Å². The Hall–Kier alpha value is -2.61. The van der Waals surface area contributed by atoms with Crippen LogP contribution < -0.4 is 5.32 Å². The second kappa shape index (κ2) is 7.10. The standard InChI is InChI=1S/C15H13FN4O2S/c16-11-3-5-12(6-4-11)18-14(21)9-23-15-19-17-10-20(15)8-13-2-1-7-22-13/h1-7,10H,8-9H2,(H,18,21). The van der Waals surface area contributed by atoms with Gasteiger partial charge in [-0.2, -0.15) is 0 Å². The fraction of sp³-hybridized carbons (Fsp3) is 0.133. The molecule has 118 valence electrons. The molecule has 6 nitrogen and oxygen atoms in total. The predicted octanol–water partition coefficient (Wildman–Crippen LogP) is 2.79. The lowest BCUT2D eigenvalue weighted by Crippen LogP contribution is -2.14. The number of carbonyl (C=O) groups is 1. The molecular formula is C15H13FN4O2S. The van der Waals surface area contributed by atoms with Crippen molar-refractivity contribution in [3.8, 4) is 0 Å². The van der Waals surface area contributed by atoms with Gasteiger partial charge in [-0.05, 0) is 36.4 Å². The Labute approximate surface area is 135 Å². The van der Waals surface area contributed by atoms with E-state index >= 15 is 0 Å². The second-order valence-corrected chi connectivity index (χ2v) is 5.61. The van der Waals surface area contributed by atoms with Crippen LogP contribution in [-0.2, 0) is 11.3 Å². The van der Waals surface area contributed by atoms with Gasteiger partial charge in [0.2, 0.25) is 5.91 Å². The predicted molar refractivity (Wildman–Crippen MR) is 83.6 cm³/mol. The van der Waals surface area contributed by atoms with Gasteiger partial charge in [0, 0.05) is 5.69 Å². The molecule has 0 radical (unpaired) electrons. The van der Waals surface area contributed by atoms with Crippen LogP contribution >= 0.6 is 11.8 Å². The first-order valence-electron chi connectivity index (χ1n) is 6.79. The Balaban J connectivity index is 1.55. The monoisotopic (exact) mass is 332 g/mol. The summed E-state index contributed by atoms with van der Waals surface area (Å²) in [6.45, 7) is 0.502. The van der Waals surface area contributed by atoms with E-state index in [1.807, 2.05) is 12.1 Å². The quantitative estimate of drug-likeness (QED) is 0.703. The molecule has 23 heavy (non-hydrogen) atoms. The number of halogens is 1. The lowest BCUT2D eigenvalue weighted by Gasteiger charge is -2.06. The number of carbonyl (C=O) groups excluding carboxylic acids is 1. The number of furan rings is 1. The largest absolute Gasteiger partial charge is 0.467 e. The van der Waals surface area contributed by atoms with Crippen molar-refractivity contribution in [1.82, 2.24) is 14.8 Å². The molecule has 3 aromatic rings. The summed E-state index contributed by atoms with van der Waals surface area (Å²) in [6.07, 6.45) is 3.19. The zero-order valence-corrected chi connectivity index (χ0v) is 12.8. The molecule has 0 fully saturated rings. The third-order valence-corrected chi connectivity index (χ3v) is 3.93. The molecule has 8 heteroatoms. The first-order chi connectivity index (χ1) is 11.2. The highest BCUT2D eigenvalue weighted by molar-refractivity contribution is 7.99. The van der Waals surface area contributed by atoms with E-state index in [0.29, 0.717) is 17.4 Å². The molecule has 3 rings (SSSR count). The van der Waals surface area contributed by atoms with E-state index in [0.717, 1.165) is 5.76 Å². The maximum atomic E-state index is 12.8. The van der Waals surface area contributed by atoms with Crippen LogP contribution in [0.1, 0.15) is 5.76 Å². The van der Waals surface area contributed by atoms with Crippen LogP contribution in [-0.4, -0.2) is 26.4 Å². The van der Waals surface area contributed by atoms with E-state index in [-0.39, 0.29) is 17.5 Å². The average Bonchev–Trinajstić information content (AvgIpc) is 3.20. The molecular weight excluding hydrogens is 319 g/mol. The Kier molecular flexibility index (Phi) is 4.72. The molecule has 0 atom stereocenters. The van der Waals surface area contributed by atoms with Gasteiger partial charge >= 0.3 is 0 Å². The Bertz CT molecular complexity index is 771. The van der Waals surface area contributed by atoms with Crippen molar-refractivity contribution in [2.24, 2.45) is 0 Å². The Morgan fingerprint density at radius 2 is 2.13 bits per heavy atom. The highest BCUT2D eigenvalue weighted by atomic mass is 32.2. The summed E-state index contributed by atoms with van der Waals surface area (Å²) < 4.78 is 19.9. The fourth-order valence-electron chi connectivity index (χ4n) is 1.90. The number of nitrogens with one attached hydrogen (secondary N) is 1. The number of hydrogen-bond acceptors (Lipinski definition) is 5. The van der Waals surface area contributed by atoms with Gasteiger partial charge < -0.3 is 14.3 Å². The summed E-state index contributed by atoms with van der Waals surface area (Å²) in [6, 6.07) is 9.28. The van der Waals surface area contributed by atoms with Crippen LogP contribution in [0.5, 0.6) is 0 Å². The lowest BCUT2D eigenvalue weighted by molar-refractivity contribution is -0.113. The molecule has 0 aliphatic rings. The van der Waals surface area contributed by atoms with Gasteiger partial charge in [-0.1, -0.05) is 11.8 Å². The highest BCUT2D eigenvalue weighted by Gasteiger charge is 2.10. The number of nitrogens with zero attached hydrogens (tertiary/aromatic N) is 3. The Morgan fingerprint density at radius 3 is 2.87 bits per heavy atom. The van der Waals surface area contributed by atoms with Gasteiger partial charge in [-0.3, -0.25) is 4.79 Å². The molecule has 0 saturated heterocycles. The minimum absolute atomic E-state index is 0.175. The molecule has 1 amide bonds.